The van der Waals surface area contributed by atoms with Crippen LogP contribution in [0.2, 0.25) is 0 Å². The van der Waals surface area contributed by atoms with Gasteiger partial charge in [0.25, 0.3) is 0 Å². The van der Waals surface area contributed by atoms with Gasteiger partial charge >= 0.3 is 0 Å². The predicted octanol–water partition coefficient (Wildman–Crippen LogP) is 3.46. The van der Waals surface area contributed by atoms with Crippen molar-refractivity contribution in [2.75, 3.05) is 11.9 Å². The summed E-state index contributed by atoms with van der Waals surface area (Å²) in [6, 6.07) is 19.1. The Hall–Kier alpha value is -3.03. The van der Waals surface area contributed by atoms with E-state index in [-0.39, 0.29) is 10.8 Å². The summed E-state index contributed by atoms with van der Waals surface area (Å²) in [7, 11) is -3.70. The molecular formula is C23H23N3O3S. The van der Waals surface area contributed by atoms with E-state index in [0.29, 0.717) is 25.1 Å². The van der Waals surface area contributed by atoms with E-state index in [1.54, 1.807) is 42.7 Å². The fraction of sp³-hybridized carbons (Fsp3) is 0.217. The van der Waals surface area contributed by atoms with E-state index in [4.69, 9.17) is 0 Å². The molecule has 7 heteroatoms. The fourth-order valence-electron chi connectivity index (χ4n) is 3.69. The van der Waals surface area contributed by atoms with Gasteiger partial charge in [0.05, 0.1) is 4.90 Å². The minimum absolute atomic E-state index is 0.213. The van der Waals surface area contributed by atoms with Gasteiger partial charge in [0.15, 0.2) is 0 Å². The van der Waals surface area contributed by atoms with Crippen LogP contribution in [0, 0.1) is 0 Å². The van der Waals surface area contributed by atoms with Gasteiger partial charge in [0.2, 0.25) is 15.9 Å². The number of sulfonamides is 1. The summed E-state index contributed by atoms with van der Waals surface area (Å²) in [5, 5.41) is 2.87. The lowest BCUT2D eigenvalue weighted by atomic mass is 10.1. The Bertz CT molecular complexity index is 1100. The van der Waals surface area contributed by atoms with Crippen LogP contribution in [0.3, 0.4) is 0 Å². The molecular weight excluding hydrogens is 398 g/mol. The van der Waals surface area contributed by atoms with Gasteiger partial charge in [-0.3, -0.25) is 9.78 Å². The molecule has 3 aromatic rings. The summed E-state index contributed by atoms with van der Waals surface area (Å²) >= 11 is 0. The topological polar surface area (TPSA) is 79.4 Å². The Labute approximate surface area is 176 Å². The number of benzene rings is 2. The maximum atomic E-state index is 13.0. The van der Waals surface area contributed by atoms with Crippen molar-refractivity contribution >= 4 is 21.6 Å². The second kappa shape index (κ2) is 8.77. The summed E-state index contributed by atoms with van der Waals surface area (Å²) in [5.41, 5.74) is 2.94. The van der Waals surface area contributed by atoms with Crippen molar-refractivity contribution in [2.45, 2.75) is 30.2 Å². The van der Waals surface area contributed by atoms with E-state index in [1.807, 2.05) is 36.4 Å². The molecule has 1 aliphatic rings. The number of nitrogens with one attached hydrogen (secondary N) is 1. The summed E-state index contributed by atoms with van der Waals surface area (Å²) < 4.78 is 27.2. The molecule has 1 fully saturated rings. The highest BCUT2D eigenvalue weighted by Gasteiger charge is 2.39. The quantitative estimate of drug-likeness (QED) is 0.661. The van der Waals surface area contributed by atoms with Gasteiger partial charge in [-0.15, -0.1) is 0 Å². The van der Waals surface area contributed by atoms with Gasteiger partial charge in [-0.05, 0) is 66.8 Å². The Morgan fingerprint density at radius 1 is 0.967 bits per heavy atom. The van der Waals surface area contributed by atoms with Crippen LogP contribution in [0.1, 0.15) is 24.0 Å². The lowest BCUT2D eigenvalue weighted by Crippen LogP contribution is -2.43. The molecule has 0 unspecified atom stereocenters. The number of hydrogen-bond acceptors (Lipinski definition) is 4. The van der Waals surface area contributed by atoms with Gasteiger partial charge in [-0.25, -0.2) is 8.42 Å². The number of pyridine rings is 1. The average Bonchev–Trinajstić information content (AvgIpc) is 3.28. The predicted molar refractivity (Wildman–Crippen MR) is 115 cm³/mol. The molecule has 0 radical (unpaired) electrons. The van der Waals surface area contributed by atoms with Crippen molar-refractivity contribution in [3.63, 3.8) is 0 Å². The third-order valence-corrected chi connectivity index (χ3v) is 7.16. The Morgan fingerprint density at radius 3 is 2.33 bits per heavy atom. The van der Waals surface area contributed by atoms with Crippen molar-refractivity contribution in [2.24, 2.45) is 0 Å². The number of anilines is 1. The molecule has 1 aromatic heterocycles. The molecule has 1 N–H and O–H groups in total. The van der Waals surface area contributed by atoms with E-state index in [0.717, 1.165) is 17.5 Å². The maximum absolute atomic E-state index is 13.0. The van der Waals surface area contributed by atoms with Crippen molar-refractivity contribution < 1.29 is 13.2 Å². The third-order valence-electron chi connectivity index (χ3n) is 5.24. The summed E-state index contributed by atoms with van der Waals surface area (Å²) in [6.45, 7) is 0.347. The van der Waals surface area contributed by atoms with Crippen LogP contribution in [-0.4, -0.2) is 36.2 Å². The minimum atomic E-state index is -3.70. The molecule has 154 valence electrons. The first-order valence-electron chi connectivity index (χ1n) is 9.90. The molecule has 0 bridgehead atoms. The van der Waals surface area contributed by atoms with Crippen LogP contribution in [0.4, 0.5) is 5.69 Å². The van der Waals surface area contributed by atoms with Gasteiger partial charge in [-0.1, -0.05) is 30.3 Å². The smallest absolute Gasteiger partial charge is 0.243 e. The number of aromatic nitrogens is 1. The van der Waals surface area contributed by atoms with Crippen LogP contribution >= 0.6 is 0 Å². The molecule has 4 rings (SSSR count). The summed E-state index contributed by atoms with van der Waals surface area (Å²) in [6.07, 6.45) is 5.48. The van der Waals surface area contributed by atoms with E-state index in [2.05, 4.69) is 10.3 Å². The van der Waals surface area contributed by atoms with Crippen LogP contribution < -0.4 is 5.32 Å². The van der Waals surface area contributed by atoms with Gasteiger partial charge < -0.3 is 5.32 Å². The molecule has 6 nitrogen and oxygen atoms in total. The fourth-order valence-corrected chi connectivity index (χ4v) is 5.36. The lowest BCUT2D eigenvalue weighted by Gasteiger charge is -2.23. The van der Waals surface area contributed by atoms with Gasteiger partial charge in [0, 0.05) is 24.6 Å². The zero-order valence-corrected chi connectivity index (χ0v) is 17.3. The van der Waals surface area contributed by atoms with Crippen LogP contribution in [0.15, 0.2) is 84.0 Å². The molecule has 1 amide bonds. The zero-order valence-electron chi connectivity index (χ0n) is 16.4. The molecule has 0 spiro atoms. The largest absolute Gasteiger partial charge is 0.325 e. The Kier molecular flexibility index (Phi) is 5.92. The number of hydrogen-bond donors (Lipinski definition) is 1. The van der Waals surface area contributed by atoms with E-state index in [1.165, 1.54) is 4.31 Å². The SMILES string of the molecule is O=C(Nc1ccc(Cc2ccncc2)cc1)[C@H]1CCCN1S(=O)(=O)c1ccccc1. The monoisotopic (exact) mass is 421 g/mol. The number of amides is 1. The molecule has 2 heterocycles. The normalized spacial score (nSPS) is 17.0. The van der Waals surface area contributed by atoms with E-state index in [9.17, 15) is 13.2 Å². The first-order valence-corrected chi connectivity index (χ1v) is 11.3. The van der Waals surface area contributed by atoms with Crippen molar-refractivity contribution in [1.29, 1.82) is 0 Å². The van der Waals surface area contributed by atoms with Crippen molar-refractivity contribution in [3.05, 3.63) is 90.3 Å². The second-order valence-electron chi connectivity index (χ2n) is 7.31. The van der Waals surface area contributed by atoms with Crippen molar-refractivity contribution in [1.82, 2.24) is 9.29 Å². The summed E-state index contributed by atoms with van der Waals surface area (Å²) in [5.74, 6) is -0.297. The van der Waals surface area contributed by atoms with Gasteiger partial charge in [0.1, 0.15) is 6.04 Å². The zero-order chi connectivity index (χ0) is 21.0. The highest BCUT2D eigenvalue weighted by Crippen LogP contribution is 2.27. The number of carbonyl (C=O) groups excluding carboxylic acids is 1. The third kappa shape index (κ3) is 4.42. The molecule has 0 aliphatic carbocycles. The molecule has 0 saturated carbocycles. The molecule has 30 heavy (non-hydrogen) atoms. The Balaban J connectivity index is 1.44. The van der Waals surface area contributed by atoms with Gasteiger partial charge in [-0.2, -0.15) is 4.31 Å². The van der Waals surface area contributed by atoms with Crippen LogP contribution in [-0.2, 0) is 21.2 Å². The van der Waals surface area contributed by atoms with Crippen LogP contribution in [0.25, 0.3) is 0 Å². The van der Waals surface area contributed by atoms with E-state index >= 15 is 0 Å². The number of carbonyl (C=O) groups is 1. The molecule has 1 aliphatic heterocycles. The maximum Gasteiger partial charge on any atom is 0.243 e. The number of nitrogens with zero attached hydrogens (tertiary/aromatic N) is 2. The van der Waals surface area contributed by atoms with E-state index < -0.39 is 16.1 Å². The van der Waals surface area contributed by atoms with Crippen LogP contribution in [0.5, 0.6) is 0 Å². The second-order valence-corrected chi connectivity index (χ2v) is 9.20. The highest BCUT2D eigenvalue weighted by molar-refractivity contribution is 7.89. The van der Waals surface area contributed by atoms with Crippen molar-refractivity contribution in [3.8, 4) is 0 Å². The summed E-state index contributed by atoms with van der Waals surface area (Å²) in [4.78, 5) is 17.1. The minimum Gasteiger partial charge on any atom is -0.325 e. The molecule has 2 aromatic carbocycles. The highest BCUT2D eigenvalue weighted by atomic mass is 32.2. The first kappa shape index (κ1) is 20.3. The first-order chi connectivity index (χ1) is 14.5. The average molecular weight is 422 g/mol. The number of rotatable bonds is 6. The molecule has 1 atom stereocenters. The Morgan fingerprint density at radius 2 is 1.63 bits per heavy atom. The lowest BCUT2D eigenvalue weighted by molar-refractivity contribution is -0.119. The standard InChI is InChI=1S/C23H23N3O3S/c27-23(22-7-4-16-26(22)30(28,29)21-5-2-1-3-6-21)25-20-10-8-18(9-11-20)17-19-12-14-24-15-13-19/h1-3,5-6,8-15,22H,4,7,16-17H2,(H,25,27)/t22-/m1/s1. The molecule has 1 saturated heterocycles.